The minimum atomic E-state index is -0.975. The fourth-order valence-corrected chi connectivity index (χ4v) is 3.49. The summed E-state index contributed by atoms with van der Waals surface area (Å²) in [6, 6.07) is 5.48. The number of hydrogen-bond acceptors (Lipinski definition) is 3. The standard InChI is InChI=1S/C10H14BrNOS2/c1-14-5-2-6-15(13)10-7-8(11)3-4-9(10)12/h3-4,7H,2,5-6,12H2,1H3. The van der Waals surface area contributed by atoms with Crippen LogP contribution >= 0.6 is 27.7 Å². The molecular formula is C10H14BrNOS2. The number of halogens is 1. The highest BCUT2D eigenvalue weighted by Gasteiger charge is 2.07. The van der Waals surface area contributed by atoms with Gasteiger partial charge in [0.1, 0.15) is 0 Å². The lowest BCUT2D eigenvalue weighted by atomic mass is 10.3. The quantitative estimate of drug-likeness (QED) is 0.672. The first-order valence-electron chi connectivity index (χ1n) is 4.57. The summed E-state index contributed by atoms with van der Waals surface area (Å²) < 4.78 is 12.8. The molecule has 1 aromatic carbocycles. The molecule has 5 heteroatoms. The highest BCUT2D eigenvalue weighted by atomic mass is 79.9. The first kappa shape index (κ1) is 13.1. The lowest BCUT2D eigenvalue weighted by molar-refractivity contribution is 0.682. The Labute approximate surface area is 106 Å². The molecule has 0 heterocycles. The molecule has 0 amide bonds. The van der Waals surface area contributed by atoms with Gasteiger partial charge in [-0.15, -0.1) is 0 Å². The predicted octanol–water partition coefficient (Wildman–Crippen LogP) is 2.89. The van der Waals surface area contributed by atoms with E-state index in [1.807, 2.05) is 12.1 Å². The summed E-state index contributed by atoms with van der Waals surface area (Å²) in [4.78, 5) is 0.741. The van der Waals surface area contributed by atoms with Gasteiger partial charge in [-0.2, -0.15) is 11.8 Å². The molecule has 0 fully saturated rings. The third-order valence-electron chi connectivity index (χ3n) is 1.90. The van der Waals surface area contributed by atoms with Crippen molar-refractivity contribution in [1.29, 1.82) is 0 Å². The molecule has 2 N–H and O–H groups in total. The average molecular weight is 308 g/mol. The molecule has 1 aromatic rings. The number of benzene rings is 1. The molecule has 0 aliphatic heterocycles. The predicted molar refractivity (Wildman–Crippen MR) is 72.8 cm³/mol. The summed E-state index contributed by atoms with van der Waals surface area (Å²) in [5.41, 5.74) is 6.39. The molecule has 15 heavy (non-hydrogen) atoms. The summed E-state index contributed by atoms with van der Waals surface area (Å²) >= 11 is 5.12. The van der Waals surface area contributed by atoms with Crippen molar-refractivity contribution in [3.63, 3.8) is 0 Å². The lowest BCUT2D eigenvalue weighted by Crippen LogP contribution is -2.03. The molecule has 2 nitrogen and oxygen atoms in total. The number of nitrogens with two attached hydrogens (primary N) is 1. The fraction of sp³-hybridized carbons (Fsp3) is 0.400. The second kappa shape index (κ2) is 6.55. The summed E-state index contributed by atoms with van der Waals surface area (Å²) in [6.45, 7) is 0. The molecule has 0 aliphatic rings. The highest BCUT2D eigenvalue weighted by molar-refractivity contribution is 9.10. The normalized spacial score (nSPS) is 12.7. The fourth-order valence-electron chi connectivity index (χ4n) is 1.15. The van der Waals surface area contributed by atoms with E-state index in [4.69, 9.17) is 5.73 Å². The molecule has 0 saturated carbocycles. The Kier molecular flexibility index (Phi) is 5.71. The van der Waals surface area contributed by atoms with Gasteiger partial charge >= 0.3 is 0 Å². The van der Waals surface area contributed by atoms with Crippen molar-refractivity contribution < 1.29 is 4.21 Å². The molecule has 1 rings (SSSR count). The molecule has 0 aromatic heterocycles. The van der Waals surface area contributed by atoms with Crippen LogP contribution in [0.4, 0.5) is 5.69 Å². The van der Waals surface area contributed by atoms with Crippen LogP contribution in [0.5, 0.6) is 0 Å². The van der Waals surface area contributed by atoms with Crippen molar-refractivity contribution in [2.75, 3.05) is 23.5 Å². The number of hydrogen-bond donors (Lipinski definition) is 1. The van der Waals surface area contributed by atoms with Crippen LogP contribution < -0.4 is 5.73 Å². The molecule has 0 saturated heterocycles. The molecule has 1 unspecified atom stereocenters. The Morgan fingerprint density at radius 2 is 2.27 bits per heavy atom. The van der Waals surface area contributed by atoms with Gasteiger partial charge < -0.3 is 5.73 Å². The van der Waals surface area contributed by atoms with Crippen molar-refractivity contribution in [3.8, 4) is 0 Å². The molecular weight excluding hydrogens is 294 g/mol. The summed E-state index contributed by atoms with van der Waals surface area (Å²) in [5.74, 6) is 1.72. The van der Waals surface area contributed by atoms with Crippen LogP contribution in [0.3, 0.4) is 0 Å². The van der Waals surface area contributed by atoms with Gasteiger partial charge in [-0.25, -0.2) is 0 Å². The molecule has 0 radical (unpaired) electrons. The number of thioether (sulfide) groups is 1. The van der Waals surface area contributed by atoms with Crippen LogP contribution in [-0.2, 0) is 10.8 Å². The van der Waals surface area contributed by atoms with E-state index in [-0.39, 0.29) is 0 Å². The van der Waals surface area contributed by atoms with Crippen LogP contribution in [-0.4, -0.2) is 22.0 Å². The maximum absolute atomic E-state index is 11.9. The Balaban J connectivity index is 2.68. The maximum atomic E-state index is 11.9. The zero-order valence-electron chi connectivity index (χ0n) is 8.53. The van der Waals surface area contributed by atoms with E-state index >= 15 is 0 Å². The van der Waals surface area contributed by atoms with E-state index in [1.165, 1.54) is 0 Å². The van der Waals surface area contributed by atoms with Crippen molar-refractivity contribution in [1.82, 2.24) is 0 Å². The Hall–Kier alpha value is -0.000000000000000167. The lowest BCUT2D eigenvalue weighted by Gasteiger charge is -2.05. The molecule has 84 valence electrons. The SMILES string of the molecule is CSCCCS(=O)c1cc(Br)ccc1N. The minimum absolute atomic E-state index is 0.612. The van der Waals surface area contributed by atoms with Gasteiger partial charge in [0.05, 0.1) is 15.7 Å². The largest absolute Gasteiger partial charge is 0.398 e. The van der Waals surface area contributed by atoms with Gasteiger partial charge in [-0.05, 0) is 36.6 Å². The average Bonchev–Trinajstić information content (AvgIpc) is 2.22. The van der Waals surface area contributed by atoms with Crippen molar-refractivity contribution in [3.05, 3.63) is 22.7 Å². The zero-order chi connectivity index (χ0) is 11.3. The van der Waals surface area contributed by atoms with E-state index in [2.05, 4.69) is 22.2 Å². The Morgan fingerprint density at radius 1 is 1.53 bits per heavy atom. The molecule has 0 spiro atoms. The van der Waals surface area contributed by atoms with Gasteiger partial charge in [0.2, 0.25) is 0 Å². The van der Waals surface area contributed by atoms with E-state index in [0.717, 1.165) is 21.5 Å². The van der Waals surface area contributed by atoms with Crippen LogP contribution in [0.25, 0.3) is 0 Å². The van der Waals surface area contributed by atoms with Crippen LogP contribution in [0.15, 0.2) is 27.6 Å². The first-order valence-corrected chi connectivity index (χ1v) is 8.08. The van der Waals surface area contributed by atoms with E-state index < -0.39 is 10.8 Å². The van der Waals surface area contributed by atoms with Gasteiger partial charge in [-0.3, -0.25) is 4.21 Å². The van der Waals surface area contributed by atoms with Crippen molar-refractivity contribution in [2.24, 2.45) is 0 Å². The smallest absolute Gasteiger partial charge is 0.0628 e. The van der Waals surface area contributed by atoms with Gasteiger partial charge in [-0.1, -0.05) is 15.9 Å². The molecule has 0 bridgehead atoms. The third kappa shape index (κ3) is 4.17. The van der Waals surface area contributed by atoms with Gasteiger partial charge in [0, 0.05) is 15.9 Å². The summed E-state index contributed by atoms with van der Waals surface area (Å²) in [5, 5.41) is 0. The minimum Gasteiger partial charge on any atom is -0.398 e. The van der Waals surface area contributed by atoms with Crippen molar-refractivity contribution in [2.45, 2.75) is 11.3 Å². The van der Waals surface area contributed by atoms with Gasteiger partial charge in [0.25, 0.3) is 0 Å². The number of anilines is 1. The monoisotopic (exact) mass is 307 g/mol. The second-order valence-corrected chi connectivity index (χ2v) is 6.52. The topological polar surface area (TPSA) is 43.1 Å². The summed E-state index contributed by atoms with van der Waals surface area (Å²) in [6.07, 6.45) is 3.01. The zero-order valence-corrected chi connectivity index (χ0v) is 11.8. The Bertz CT molecular complexity index is 357. The number of nitrogen functional groups attached to an aromatic ring is 1. The van der Waals surface area contributed by atoms with E-state index in [1.54, 1.807) is 17.8 Å². The van der Waals surface area contributed by atoms with E-state index in [9.17, 15) is 4.21 Å². The maximum Gasteiger partial charge on any atom is 0.0628 e. The Morgan fingerprint density at radius 3 is 2.93 bits per heavy atom. The molecule has 1 atom stereocenters. The highest BCUT2D eigenvalue weighted by Crippen LogP contribution is 2.22. The summed E-state index contributed by atoms with van der Waals surface area (Å²) in [7, 11) is -0.975. The van der Waals surface area contributed by atoms with Crippen LogP contribution in [0.2, 0.25) is 0 Å². The van der Waals surface area contributed by atoms with Crippen LogP contribution in [0, 0.1) is 0 Å². The third-order valence-corrected chi connectivity index (χ3v) is 4.59. The van der Waals surface area contributed by atoms with Crippen molar-refractivity contribution >= 4 is 44.2 Å². The van der Waals surface area contributed by atoms with Crippen LogP contribution in [0.1, 0.15) is 6.42 Å². The molecule has 0 aliphatic carbocycles. The number of rotatable bonds is 5. The second-order valence-electron chi connectivity index (χ2n) is 3.08. The van der Waals surface area contributed by atoms with Gasteiger partial charge in [0.15, 0.2) is 0 Å². The first-order chi connectivity index (χ1) is 7.15. The van der Waals surface area contributed by atoms with E-state index in [0.29, 0.717) is 11.4 Å².